The molecule has 0 radical (unpaired) electrons. The Bertz CT molecular complexity index is 503. The lowest BCUT2D eigenvalue weighted by Gasteiger charge is -2.39. The Morgan fingerprint density at radius 1 is 1.08 bits per heavy atom. The standard InChI is InChI=1S/C21H34N2O2/c1-22(2)18-21(10-16-24-17-11-21)19-6-8-20(9-7-19)25-15-5-14-23-12-3-4-13-23/h6-9H,3-5,10-18H2,1-2H3. The zero-order valence-electron chi connectivity index (χ0n) is 16.0. The zero-order valence-corrected chi connectivity index (χ0v) is 16.0. The van der Waals surface area contributed by atoms with Crippen LogP contribution in [0.4, 0.5) is 0 Å². The molecule has 2 fully saturated rings. The second kappa shape index (κ2) is 9.02. The summed E-state index contributed by atoms with van der Waals surface area (Å²) in [4.78, 5) is 4.84. The molecule has 140 valence electrons. The van der Waals surface area contributed by atoms with E-state index in [1.54, 1.807) is 0 Å². The Morgan fingerprint density at radius 3 is 2.40 bits per heavy atom. The van der Waals surface area contributed by atoms with Crippen LogP contribution in [0.5, 0.6) is 5.75 Å². The summed E-state index contributed by atoms with van der Waals surface area (Å²) in [6.07, 6.45) is 6.04. The van der Waals surface area contributed by atoms with Crippen LogP contribution >= 0.6 is 0 Å². The van der Waals surface area contributed by atoms with Gasteiger partial charge < -0.3 is 19.3 Å². The SMILES string of the molecule is CN(C)CC1(c2ccc(OCCCN3CCCC3)cc2)CCOCC1. The van der Waals surface area contributed by atoms with Crippen molar-refractivity contribution < 1.29 is 9.47 Å². The maximum Gasteiger partial charge on any atom is 0.119 e. The number of hydrogen-bond donors (Lipinski definition) is 0. The number of ether oxygens (including phenoxy) is 2. The van der Waals surface area contributed by atoms with Gasteiger partial charge >= 0.3 is 0 Å². The third-order valence-electron chi connectivity index (χ3n) is 5.62. The first-order valence-corrected chi connectivity index (χ1v) is 9.86. The van der Waals surface area contributed by atoms with Crippen molar-refractivity contribution in [1.82, 2.24) is 9.80 Å². The van der Waals surface area contributed by atoms with E-state index in [0.29, 0.717) is 0 Å². The van der Waals surface area contributed by atoms with Crippen molar-refractivity contribution in [3.63, 3.8) is 0 Å². The van der Waals surface area contributed by atoms with Crippen LogP contribution in [-0.2, 0) is 10.2 Å². The molecule has 2 aliphatic rings. The first kappa shape index (κ1) is 18.7. The Balaban J connectivity index is 1.52. The lowest BCUT2D eigenvalue weighted by atomic mass is 9.74. The van der Waals surface area contributed by atoms with Gasteiger partial charge in [0.1, 0.15) is 5.75 Å². The minimum Gasteiger partial charge on any atom is -0.494 e. The highest BCUT2D eigenvalue weighted by molar-refractivity contribution is 5.33. The maximum atomic E-state index is 5.96. The topological polar surface area (TPSA) is 24.9 Å². The van der Waals surface area contributed by atoms with E-state index in [2.05, 4.69) is 48.2 Å². The molecule has 2 heterocycles. The van der Waals surface area contributed by atoms with Gasteiger partial charge in [-0.1, -0.05) is 12.1 Å². The molecule has 0 unspecified atom stereocenters. The molecule has 2 aliphatic heterocycles. The van der Waals surface area contributed by atoms with E-state index in [1.165, 1.54) is 38.0 Å². The van der Waals surface area contributed by atoms with Crippen LogP contribution in [0.15, 0.2) is 24.3 Å². The fourth-order valence-corrected chi connectivity index (χ4v) is 4.29. The quantitative estimate of drug-likeness (QED) is 0.675. The van der Waals surface area contributed by atoms with Gasteiger partial charge in [0.05, 0.1) is 6.61 Å². The van der Waals surface area contributed by atoms with Crippen molar-refractivity contribution in [1.29, 1.82) is 0 Å². The van der Waals surface area contributed by atoms with E-state index < -0.39 is 0 Å². The number of nitrogens with zero attached hydrogens (tertiary/aromatic N) is 2. The average molecular weight is 347 g/mol. The van der Waals surface area contributed by atoms with Crippen LogP contribution in [-0.4, -0.2) is 69.9 Å². The van der Waals surface area contributed by atoms with Gasteiger partial charge in [-0.2, -0.15) is 0 Å². The number of likely N-dealkylation sites (N-methyl/N-ethyl adjacent to an activating group) is 1. The molecule has 1 aromatic carbocycles. The third kappa shape index (κ3) is 5.19. The molecule has 0 N–H and O–H groups in total. The molecule has 2 saturated heterocycles. The molecule has 0 spiro atoms. The van der Waals surface area contributed by atoms with E-state index >= 15 is 0 Å². The first-order chi connectivity index (χ1) is 12.2. The molecular formula is C21H34N2O2. The molecule has 1 aromatic rings. The summed E-state index contributed by atoms with van der Waals surface area (Å²) in [5.41, 5.74) is 1.64. The Kier molecular flexibility index (Phi) is 6.74. The Morgan fingerprint density at radius 2 is 1.76 bits per heavy atom. The van der Waals surface area contributed by atoms with Gasteiger partial charge in [0.25, 0.3) is 0 Å². The summed E-state index contributed by atoms with van der Waals surface area (Å²) < 4.78 is 11.6. The first-order valence-electron chi connectivity index (χ1n) is 9.86. The largest absolute Gasteiger partial charge is 0.494 e. The van der Waals surface area contributed by atoms with E-state index in [1.807, 2.05) is 0 Å². The normalized spacial score (nSPS) is 20.9. The third-order valence-corrected chi connectivity index (χ3v) is 5.62. The van der Waals surface area contributed by atoms with Crippen LogP contribution in [0.1, 0.15) is 37.7 Å². The number of benzene rings is 1. The lowest BCUT2D eigenvalue weighted by molar-refractivity contribution is 0.0401. The van der Waals surface area contributed by atoms with Crippen molar-refractivity contribution in [2.24, 2.45) is 0 Å². The van der Waals surface area contributed by atoms with Crippen molar-refractivity contribution in [2.75, 3.05) is 60.1 Å². The van der Waals surface area contributed by atoms with Gasteiger partial charge in [0, 0.05) is 31.7 Å². The summed E-state index contributed by atoms with van der Waals surface area (Å²) >= 11 is 0. The number of rotatable bonds is 8. The monoisotopic (exact) mass is 346 g/mol. The molecule has 3 rings (SSSR count). The summed E-state index contributed by atoms with van der Waals surface area (Å²) in [6, 6.07) is 8.84. The minimum atomic E-state index is 0.218. The van der Waals surface area contributed by atoms with Gasteiger partial charge in [0.15, 0.2) is 0 Å². The van der Waals surface area contributed by atoms with Crippen LogP contribution in [0.25, 0.3) is 0 Å². The van der Waals surface area contributed by atoms with Crippen molar-refractivity contribution in [2.45, 2.75) is 37.5 Å². The minimum absolute atomic E-state index is 0.218. The predicted octanol–water partition coefficient (Wildman–Crippen LogP) is 3.16. The Hall–Kier alpha value is -1.10. The van der Waals surface area contributed by atoms with Crippen LogP contribution in [0, 0.1) is 0 Å². The fourth-order valence-electron chi connectivity index (χ4n) is 4.29. The highest BCUT2D eigenvalue weighted by atomic mass is 16.5. The molecule has 4 nitrogen and oxygen atoms in total. The molecule has 4 heteroatoms. The predicted molar refractivity (Wildman–Crippen MR) is 103 cm³/mol. The second-order valence-corrected chi connectivity index (χ2v) is 7.91. The van der Waals surface area contributed by atoms with Gasteiger partial charge in [-0.05, 0) is 77.0 Å². The smallest absolute Gasteiger partial charge is 0.119 e. The summed E-state index contributed by atoms with van der Waals surface area (Å²) in [5, 5.41) is 0. The average Bonchev–Trinajstić information content (AvgIpc) is 3.13. The summed E-state index contributed by atoms with van der Waals surface area (Å²) in [5.74, 6) is 0.997. The highest BCUT2D eigenvalue weighted by Gasteiger charge is 2.34. The van der Waals surface area contributed by atoms with E-state index in [-0.39, 0.29) is 5.41 Å². The molecule has 0 aromatic heterocycles. The molecule has 0 atom stereocenters. The molecule has 25 heavy (non-hydrogen) atoms. The van der Waals surface area contributed by atoms with E-state index in [0.717, 1.165) is 51.4 Å². The summed E-state index contributed by atoms with van der Waals surface area (Å²) in [7, 11) is 4.32. The van der Waals surface area contributed by atoms with Crippen molar-refractivity contribution >= 4 is 0 Å². The zero-order chi connectivity index (χ0) is 17.5. The van der Waals surface area contributed by atoms with Gasteiger partial charge in [-0.25, -0.2) is 0 Å². The maximum absolute atomic E-state index is 5.96. The van der Waals surface area contributed by atoms with Gasteiger partial charge in [0.2, 0.25) is 0 Å². The molecule has 0 amide bonds. The lowest BCUT2D eigenvalue weighted by Crippen LogP contribution is -2.42. The van der Waals surface area contributed by atoms with Crippen LogP contribution in [0.3, 0.4) is 0 Å². The molecule has 0 aliphatic carbocycles. The summed E-state index contributed by atoms with van der Waals surface area (Å²) in [6.45, 7) is 7.33. The van der Waals surface area contributed by atoms with Gasteiger partial charge in [-0.3, -0.25) is 0 Å². The van der Waals surface area contributed by atoms with Gasteiger partial charge in [-0.15, -0.1) is 0 Å². The number of hydrogen-bond acceptors (Lipinski definition) is 4. The van der Waals surface area contributed by atoms with Crippen molar-refractivity contribution in [3.8, 4) is 5.75 Å². The Labute approximate surface area is 153 Å². The number of likely N-dealkylation sites (tertiary alicyclic amines) is 1. The molecular weight excluding hydrogens is 312 g/mol. The molecule has 0 saturated carbocycles. The van der Waals surface area contributed by atoms with E-state index in [4.69, 9.17) is 9.47 Å². The highest BCUT2D eigenvalue weighted by Crippen LogP contribution is 2.36. The van der Waals surface area contributed by atoms with Crippen molar-refractivity contribution in [3.05, 3.63) is 29.8 Å². The van der Waals surface area contributed by atoms with E-state index in [9.17, 15) is 0 Å². The fraction of sp³-hybridized carbons (Fsp3) is 0.714. The van der Waals surface area contributed by atoms with Crippen LogP contribution in [0.2, 0.25) is 0 Å². The molecule has 0 bridgehead atoms. The second-order valence-electron chi connectivity index (χ2n) is 7.91. The van der Waals surface area contributed by atoms with Crippen LogP contribution < -0.4 is 4.74 Å².